The molecule has 2 N–H and O–H groups in total. The molecule has 3 atom stereocenters. The van der Waals surface area contributed by atoms with Crippen LogP contribution < -0.4 is 11.2 Å². The highest BCUT2D eigenvalue weighted by atomic mass is 16.6. The Bertz CT molecular complexity index is 767. The van der Waals surface area contributed by atoms with Crippen molar-refractivity contribution in [1.29, 1.82) is 0 Å². The van der Waals surface area contributed by atoms with Crippen LogP contribution in [0.4, 0.5) is 0 Å². The largest absolute Gasteiger partial charge is 0.463 e. The normalized spacial score (nSPS) is 14.0. The Balaban J connectivity index is 3.37. The molecule has 1 rings (SSSR count). The van der Waals surface area contributed by atoms with Gasteiger partial charge < -0.3 is 23.9 Å². The SMILES string of the molecule is CO[C@H](COC(C)=O)[C@@H](OC(C)=O)[C@@H](OC(C)=O)c1c[nH]c(=O)[nH]c1=O. The van der Waals surface area contributed by atoms with Crippen molar-refractivity contribution >= 4 is 17.9 Å². The van der Waals surface area contributed by atoms with Crippen LogP contribution in [0.2, 0.25) is 0 Å². The maximum atomic E-state index is 12.1. The third kappa shape index (κ3) is 6.16. The van der Waals surface area contributed by atoms with E-state index >= 15 is 0 Å². The van der Waals surface area contributed by atoms with Crippen LogP contribution >= 0.6 is 0 Å². The maximum Gasteiger partial charge on any atom is 0.325 e. The first-order chi connectivity index (χ1) is 12.1. The predicted molar refractivity (Wildman–Crippen MR) is 85.2 cm³/mol. The molecule has 0 aliphatic rings. The molecule has 144 valence electrons. The van der Waals surface area contributed by atoms with Gasteiger partial charge in [0.2, 0.25) is 0 Å². The van der Waals surface area contributed by atoms with Crippen LogP contribution in [-0.2, 0) is 33.3 Å². The van der Waals surface area contributed by atoms with Gasteiger partial charge in [-0.3, -0.25) is 24.2 Å². The molecule has 0 saturated carbocycles. The Morgan fingerprint density at radius 1 is 1.04 bits per heavy atom. The summed E-state index contributed by atoms with van der Waals surface area (Å²) in [5, 5.41) is 0. The second-order valence-electron chi connectivity index (χ2n) is 5.21. The lowest BCUT2D eigenvalue weighted by molar-refractivity contribution is -0.183. The zero-order valence-corrected chi connectivity index (χ0v) is 14.7. The van der Waals surface area contributed by atoms with Gasteiger partial charge in [-0.25, -0.2) is 4.79 Å². The summed E-state index contributed by atoms with van der Waals surface area (Å²) in [7, 11) is 1.26. The predicted octanol–water partition coefficient (Wildman–Crippen LogP) is -0.823. The van der Waals surface area contributed by atoms with Gasteiger partial charge in [-0.05, 0) is 0 Å². The number of rotatable bonds is 8. The van der Waals surface area contributed by atoms with E-state index in [2.05, 4.69) is 4.98 Å². The van der Waals surface area contributed by atoms with Gasteiger partial charge in [-0.15, -0.1) is 0 Å². The lowest BCUT2D eigenvalue weighted by Crippen LogP contribution is -2.44. The van der Waals surface area contributed by atoms with Gasteiger partial charge in [0, 0.05) is 34.1 Å². The highest BCUT2D eigenvalue weighted by Gasteiger charge is 2.38. The fraction of sp³-hybridized carbons (Fsp3) is 0.533. The van der Waals surface area contributed by atoms with Crippen molar-refractivity contribution in [3.63, 3.8) is 0 Å². The molecule has 0 amide bonds. The number of esters is 3. The molecular weight excluding hydrogens is 352 g/mol. The number of carbonyl (C=O) groups excluding carboxylic acids is 3. The van der Waals surface area contributed by atoms with Crippen molar-refractivity contribution in [1.82, 2.24) is 9.97 Å². The first-order valence-electron chi connectivity index (χ1n) is 7.48. The summed E-state index contributed by atoms with van der Waals surface area (Å²) in [6, 6.07) is 0. The molecule has 0 aromatic carbocycles. The molecule has 26 heavy (non-hydrogen) atoms. The zero-order chi connectivity index (χ0) is 19.9. The molecule has 0 bridgehead atoms. The average Bonchev–Trinajstić information content (AvgIpc) is 2.51. The quantitative estimate of drug-likeness (QED) is 0.440. The standard InChI is InChI=1S/C15H20N2O9/c1-7(18)24-6-11(23-4)13(26-9(3)20)12(25-8(2)19)10-5-16-15(22)17-14(10)21/h5,11-13H,6H2,1-4H3,(H2,16,17,21,22)/t11-,12+,13-/m1/s1. The van der Waals surface area contributed by atoms with Gasteiger partial charge in [0.05, 0.1) is 5.56 Å². The molecule has 0 fully saturated rings. The Morgan fingerprint density at radius 3 is 2.12 bits per heavy atom. The van der Waals surface area contributed by atoms with Gasteiger partial charge in [-0.1, -0.05) is 0 Å². The number of nitrogens with one attached hydrogen (secondary N) is 2. The molecule has 11 nitrogen and oxygen atoms in total. The monoisotopic (exact) mass is 372 g/mol. The third-order valence-electron chi connectivity index (χ3n) is 3.17. The Labute approximate surface area is 147 Å². The first-order valence-corrected chi connectivity index (χ1v) is 7.48. The van der Waals surface area contributed by atoms with Crippen LogP contribution in [0.3, 0.4) is 0 Å². The second-order valence-corrected chi connectivity index (χ2v) is 5.21. The van der Waals surface area contributed by atoms with E-state index in [1.165, 1.54) is 14.0 Å². The van der Waals surface area contributed by atoms with Gasteiger partial charge >= 0.3 is 23.6 Å². The van der Waals surface area contributed by atoms with Gasteiger partial charge in [0.25, 0.3) is 5.56 Å². The minimum Gasteiger partial charge on any atom is -0.463 e. The zero-order valence-electron chi connectivity index (χ0n) is 14.7. The first kappa shape index (κ1) is 21.1. The molecule has 0 spiro atoms. The Kier molecular flexibility index (Phi) is 7.72. The van der Waals surface area contributed by atoms with Crippen LogP contribution in [0.5, 0.6) is 0 Å². The van der Waals surface area contributed by atoms with E-state index < -0.39 is 47.5 Å². The molecule has 0 aliphatic heterocycles. The summed E-state index contributed by atoms with van der Waals surface area (Å²) in [4.78, 5) is 61.6. The number of carbonyl (C=O) groups is 3. The van der Waals surface area contributed by atoms with E-state index in [1.54, 1.807) is 0 Å². The molecule has 1 aromatic rings. The van der Waals surface area contributed by atoms with Crippen molar-refractivity contribution in [2.45, 2.75) is 39.1 Å². The molecule has 0 unspecified atom stereocenters. The fourth-order valence-corrected chi connectivity index (χ4v) is 2.14. The third-order valence-corrected chi connectivity index (χ3v) is 3.17. The summed E-state index contributed by atoms with van der Waals surface area (Å²) in [6.07, 6.45) is -2.77. The van der Waals surface area contributed by atoms with E-state index in [1.807, 2.05) is 4.98 Å². The second kappa shape index (κ2) is 9.51. The summed E-state index contributed by atoms with van der Waals surface area (Å²) in [5.41, 5.74) is -1.80. The lowest BCUT2D eigenvalue weighted by Gasteiger charge is -2.31. The molecule has 11 heteroatoms. The number of methoxy groups -OCH3 is 1. The summed E-state index contributed by atoms with van der Waals surface area (Å²) >= 11 is 0. The number of ether oxygens (including phenoxy) is 4. The van der Waals surface area contributed by atoms with Crippen molar-refractivity contribution in [3.05, 3.63) is 32.6 Å². The lowest BCUT2D eigenvalue weighted by atomic mass is 10.0. The number of aromatic amines is 2. The number of H-pyrrole nitrogens is 2. The minimum atomic E-state index is -1.42. The van der Waals surface area contributed by atoms with Crippen molar-refractivity contribution in [2.24, 2.45) is 0 Å². The van der Waals surface area contributed by atoms with E-state index in [0.29, 0.717) is 0 Å². The Morgan fingerprint density at radius 2 is 1.65 bits per heavy atom. The van der Waals surface area contributed by atoms with Gasteiger partial charge in [0.1, 0.15) is 12.7 Å². The Hall–Kier alpha value is -2.95. The smallest absolute Gasteiger partial charge is 0.325 e. The van der Waals surface area contributed by atoms with E-state index in [0.717, 1.165) is 20.0 Å². The van der Waals surface area contributed by atoms with Crippen LogP contribution in [-0.4, -0.2) is 53.8 Å². The van der Waals surface area contributed by atoms with Gasteiger partial charge in [0.15, 0.2) is 12.2 Å². The van der Waals surface area contributed by atoms with Gasteiger partial charge in [-0.2, -0.15) is 0 Å². The summed E-state index contributed by atoms with van der Waals surface area (Å²) in [6.45, 7) is 3.03. The molecule has 0 radical (unpaired) electrons. The highest BCUT2D eigenvalue weighted by molar-refractivity contribution is 5.68. The number of hydrogen-bond acceptors (Lipinski definition) is 9. The topological polar surface area (TPSA) is 154 Å². The molecular formula is C15H20N2O9. The summed E-state index contributed by atoms with van der Waals surface area (Å²) < 4.78 is 20.3. The van der Waals surface area contributed by atoms with E-state index in [-0.39, 0.29) is 12.2 Å². The van der Waals surface area contributed by atoms with E-state index in [4.69, 9.17) is 18.9 Å². The molecule has 0 aliphatic carbocycles. The van der Waals surface area contributed by atoms with Crippen LogP contribution in [0.15, 0.2) is 15.8 Å². The minimum absolute atomic E-state index is 0.184. The van der Waals surface area contributed by atoms with Crippen molar-refractivity contribution in [3.8, 4) is 0 Å². The van der Waals surface area contributed by atoms with Crippen LogP contribution in [0.25, 0.3) is 0 Å². The van der Waals surface area contributed by atoms with Crippen molar-refractivity contribution < 1.29 is 33.3 Å². The molecule has 1 heterocycles. The van der Waals surface area contributed by atoms with Crippen molar-refractivity contribution in [2.75, 3.05) is 13.7 Å². The molecule has 1 aromatic heterocycles. The molecule has 0 saturated heterocycles. The van der Waals surface area contributed by atoms with Crippen LogP contribution in [0.1, 0.15) is 32.4 Å². The fourth-order valence-electron chi connectivity index (χ4n) is 2.14. The summed E-state index contributed by atoms with van der Waals surface area (Å²) in [5.74, 6) is -2.14. The number of hydrogen-bond donors (Lipinski definition) is 2. The van der Waals surface area contributed by atoms with Crippen LogP contribution in [0, 0.1) is 0 Å². The maximum absolute atomic E-state index is 12.1. The number of aromatic nitrogens is 2. The highest BCUT2D eigenvalue weighted by Crippen LogP contribution is 2.25. The van der Waals surface area contributed by atoms with E-state index in [9.17, 15) is 24.0 Å². The average molecular weight is 372 g/mol.